The first-order valence-corrected chi connectivity index (χ1v) is 5.13. The van der Waals surface area contributed by atoms with Gasteiger partial charge in [-0.15, -0.1) is 0 Å². The van der Waals surface area contributed by atoms with E-state index >= 15 is 0 Å². The second-order valence-corrected chi connectivity index (χ2v) is 4.60. The number of hydrogen-bond acceptors (Lipinski definition) is 3. The lowest BCUT2D eigenvalue weighted by atomic mass is 9.93. The van der Waals surface area contributed by atoms with E-state index in [1.807, 2.05) is 30.1 Å². The summed E-state index contributed by atoms with van der Waals surface area (Å²) < 4.78 is 0. The van der Waals surface area contributed by atoms with E-state index < -0.39 is 11.4 Å². The standard InChI is InChI=1S/C12H18N2O2/c1-12(2,11(15)16)8-14(3)10-7-5-4-6-9(10)13/h4-7H,8,13H2,1-3H3,(H,15,16). The molecule has 0 amide bonds. The van der Waals surface area contributed by atoms with Crippen molar-refractivity contribution in [1.29, 1.82) is 0 Å². The van der Waals surface area contributed by atoms with E-state index in [0.717, 1.165) is 5.69 Å². The molecular weight excluding hydrogens is 204 g/mol. The molecule has 0 aromatic heterocycles. The van der Waals surface area contributed by atoms with Crippen molar-refractivity contribution < 1.29 is 9.90 Å². The second kappa shape index (κ2) is 4.43. The number of carboxylic acid groups (broad SMARTS) is 1. The molecule has 0 bridgehead atoms. The van der Waals surface area contributed by atoms with E-state index in [4.69, 9.17) is 10.8 Å². The largest absolute Gasteiger partial charge is 0.481 e. The smallest absolute Gasteiger partial charge is 0.310 e. The molecule has 88 valence electrons. The molecule has 0 saturated carbocycles. The fourth-order valence-electron chi connectivity index (χ4n) is 1.58. The summed E-state index contributed by atoms with van der Waals surface area (Å²) in [5, 5.41) is 9.05. The SMILES string of the molecule is CN(CC(C)(C)C(=O)O)c1ccccc1N. The van der Waals surface area contributed by atoms with Gasteiger partial charge in [0.1, 0.15) is 0 Å². The van der Waals surface area contributed by atoms with Crippen molar-refractivity contribution in [2.24, 2.45) is 5.41 Å². The quantitative estimate of drug-likeness (QED) is 0.762. The third-order valence-electron chi connectivity index (χ3n) is 2.56. The van der Waals surface area contributed by atoms with E-state index in [1.54, 1.807) is 19.9 Å². The Morgan fingerprint density at radius 3 is 2.50 bits per heavy atom. The molecule has 0 unspecified atom stereocenters. The Morgan fingerprint density at radius 2 is 2.00 bits per heavy atom. The Kier molecular flexibility index (Phi) is 3.42. The minimum absolute atomic E-state index is 0.413. The summed E-state index contributed by atoms with van der Waals surface area (Å²) in [7, 11) is 1.84. The van der Waals surface area contributed by atoms with Crippen LogP contribution in [0, 0.1) is 5.41 Å². The van der Waals surface area contributed by atoms with E-state index in [9.17, 15) is 4.79 Å². The van der Waals surface area contributed by atoms with Crippen LogP contribution < -0.4 is 10.6 Å². The summed E-state index contributed by atoms with van der Waals surface area (Å²) in [6.45, 7) is 3.81. The first kappa shape index (κ1) is 12.4. The molecule has 0 radical (unpaired) electrons. The zero-order valence-electron chi connectivity index (χ0n) is 9.90. The van der Waals surface area contributed by atoms with Gasteiger partial charge < -0.3 is 15.7 Å². The molecule has 16 heavy (non-hydrogen) atoms. The maximum absolute atomic E-state index is 11.0. The Morgan fingerprint density at radius 1 is 1.44 bits per heavy atom. The molecule has 1 aromatic rings. The summed E-state index contributed by atoms with van der Waals surface area (Å²) in [5.41, 5.74) is 6.55. The van der Waals surface area contributed by atoms with Gasteiger partial charge in [0.05, 0.1) is 16.8 Å². The molecule has 1 aromatic carbocycles. The van der Waals surface area contributed by atoms with Crippen LogP contribution in [-0.2, 0) is 4.79 Å². The Hall–Kier alpha value is -1.71. The molecule has 0 aliphatic rings. The van der Waals surface area contributed by atoms with Crippen molar-refractivity contribution in [2.75, 3.05) is 24.2 Å². The van der Waals surface area contributed by atoms with E-state index in [-0.39, 0.29) is 0 Å². The first-order chi connectivity index (χ1) is 7.34. The fraction of sp³-hybridized carbons (Fsp3) is 0.417. The number of rotatable bonds is 4. The summed E-state index contributed by atoms with van der Waals surface area (Å²) in [4.78, 5) is 12.9. The van der Waals surface area contributed by atoms with Gasteiger partial charge in [-0.05, 0) is 26.0 Å². The number of hydrogen-bond donors (Lipinski definition) is 2. The van der Waals surface area contributed by atoms with Crippen molar-refractivity contribution in [3.8, 4) is 0 Å². The van der Waals surface area contributed by atoms with Crippen LogP contribution >= 0.6 is 0 Å². The minimum Gasteiger partial charge on any atom is -0.481 e. The molecular formula is C12H18N2O2. The van der Waals surface area contributed by atoms with E-state index in [1.165, 1.54) is 0 Å². The average Bonchev–Trinajstić information content (AvgIpc) is 2.17. The number of nitrogen functional groups attached to an aromatic ring is 1. The summed E-state index contributed by atoms with van der Waals surface area (Å²) in [5.74, 6) is -0.811. The lowest BCUT2D eigenvalue weighted by Gasteiger charge is -2.28. The Labute approximate surface area is 95.7 Å². The average molecular weight is 222 g/mol. The summed E-state index contributed by atoms with van der Waals surface area (Å²) >= 11 is 0. The van der Waals surface area contributed by atoms with Gasteiger partial charge in [0, 0.05) is 13.6 Å². The predicted octanol–water partition coefficient (Wildman–Crippen LogP) is 1.82. The minimum atomic E-state index is -0.811. The van der Waals surface area contributed by atoms with E-state index in [0.29, 0.717) is 12.2 Å². The van der Waals surface area contributed by atoms with Gasteiger partial charge >= 0.3 is 5.97 Å². The Balaban J connectivity index is 2.85. The molecule has 0 aliphatic carbocycles. The zero-order valence-corrected chi connectivity index (χ0v) is 9.90. The van der Waals surface area contributed by atoms with Crippen molar-refractivity contribution in [3.63, 3.8) is 0 Å². The third-order valence-corrected chi connectivity index (χ3v) is 2.56. The van der Waals surface area contributed by atoms with Crippen LogP contribution in [0.3, 0.4) is 0 Å². The number of carbonyl (C=O) groups is 1. The topological polar surface area (TPSA) is 66.6 Å². The maximum Gasteiger partial charge on any atom is 0.310 e. The number of nitrogens with zero attached hydrogens (tertiary/aromatic N) is 1. The van der Waals surface area contributed by atoms with Crippen LogP contribution in [0.1, 0.15) is 13.8 Å². The van der Waals surface area contributed by atoms with Crippen LogP contribution in [0.5, 0.6) is 0 Å². The summed E-state index contributed by atoms with van der Waals surface area (Å²) in [6.07, 6.45) is 0. The van der Waals surface area contributed by atoms with Crippen LogP contribution in [0.25, 0.3) is 0 Å². The molecule has 4 nitrogen and oxygen atoms in total. The molecule has 0 saturated heterocycles. The van der Waals surface area contributed by atoms with Gasteiger partial charge in [0.2, 0.25) is 0 Å². The van der Waals surface area contributed by atoms with Crippen LogP contribution in [-0.4, -0.2) is 24.7 Å². The molecule has 0 fully saturated rings. The lowest BCUT2D eigenvalue weighted by molar-refractivity contribution is -0.146. The van der Waals surface area contributed by atoms with Gasteiger partial charge in [0.15, 0.2) is 0 Å². The molecule has 0 heterocycles. The number of carboxylic acids is 1. The third kappa shape index (κ3) is 2.66. The monoisotopic (exact) mass is 222 g/mol. The number of aliphatic carboxylic acids is 1. The van der Waals surface area contributed by atoms with Crippen LogP contribution in [0.4, 0.5) is 11.4 Å². The maximum atomic E-state index is 11.0. The molecule has 1 rings (SSSR count). The molecule has 3 N–H and O–H groups in total. The number of para-hydroxylation sites is 2. The predicted molar refractivity (Wildman–Crippen MR) is 65.5 cm³/mol. The van der Waals surface area contributed by atoms with Crippen molar-refractivity contribution in [2.45, 2.75) is 13.8 Å². The number of nitrogens with two attached hydrogens (primary N) is 1. The van der Waals surface area contributed by atoms with Gasteiger partial charge in [-0.25, -0.2) is 0 Å². The highest BCUT2D eigenvalue weighted by atomic mass is 16.4. The highest BCUT2D eigenvalue weighted by Gasteiger charge is 2.29. The second-order valence-electron chi connectivity index (χ2n) is 4.60. The van der Waals surface area contributed by atoms with Gasteiger partial charge in [-0.3, -0.25) is 4.79 Å². The molecule has 4 heteroatoms. The molecule has 0 aliphatic heterocycles. The Bertz CT molecular complexity index is 388. The summed E-state index contributed by atoms with van der Waals surface area (Å²) in [6, 6.07) is 7.43. The fourth-order valence-corrected chi connectivity index (χ4v) is 1.58. The van der Waals surface area contributed by atoms with Crippen LogP contribution in [0.15, 0.2) is 24.3 Å². The first-order valence-electron chi connectivity index (χ1n) is 5.13. The highest BCUT2D eigenvalue weighted by molar-refractivity contribution is 5.75. The van der Waals surface area contributed by atoms with Crippen LogP contribution in [0.2, 0.25) is 0 Å². The van der Waals surface area contributed by atoms with Crippen molar-refractivity contribution in [1.82, 2.24) is 0 Å². The van der Waals surface area contributed by atoms with Crippen molar-refractivity contribution >= 4 is 17.3 Å². The normalized spacial score (nSPS) is 11.2. The molecule has 0 spiro atoms. The number of anilines is 2. The highest BCUT2D eigenvalue weighted by Crippen LogP contribution is 2.25. The van der Waals surface area contributed by atoms with Gasteiger partial charge in [-0.1, -0.05) is 12.1 Å². The number of benzene rings is 1. The lowest BCUT2D eigenvalue weighted by Crippen LogP contribution is -2.37. The van der Waals surface area contributed by atoms with Gasteiger partial charge in [-0.2, -0.15) is 0 Å². The van der Waals surface area contributed by atoms with E-state index in [2.05, 4.69) is 0 Å². The van der Waals surface area contributed by atoms with Gasteiger partial charge in [0.25, 0.3) is 0 Å². The molecule has 0 atom stereocenters. The zero-order chi connectivity index (χ0) is 12.3. The van der Waals surface area contributed by atoms with Crippen molar-refractivity contribution in [3.05, 3.63) is 24.3 Å².